The molecule has 1 heterocycles. The van der Waals surface area contributed by atoms with Crippen LogP contribution in [0.1, 0.15) is 18.2 Å². The van der Waals surface area contributed by atoms with Crippen molar-refractivity contribution in [3.8, 4) is 11.5 Å². The fourth-order valence-electron chi connectivity index (χ4n) is 2.54. The molecule has 29 heavy (non-hydrogen) atoms. The lowest BCUT2D eigenvalue weighted by Crippen LogP contribution is -2.35. The normalized spacial score (nSPS) is 11.6. The van der Waals surface area contributed by atoms with Gasteiger partial charge in [-0.3, -0.25) is 9.78 Å². The summed E-state index contributed by atoms with van der Waals surface area (Å²) in [5, 5.41) is 3.50. The summed E-state index contributed by atoms with van der Waals surface area (Å²) in [6.45, 7) is 2.37. The van der Waals surface area contributed by atoms with E-state index in [0.717, 1.165) is 11.3 Å². The molecule has 150 valence electrons. The standard InChI is InChI=1S/C22H20Cl2N2O3/c1-15(29-20-10-5-9-19(23)21(20)24)22(27)26-13-16-6-4-8-18(12-16)28-14-17-7-2-3-11-25-17/h2-12,15H,13-14H2,1H3,(H,26,27). The number of hydrogen-bond donors (Lipinski definition) is 1. The Bertz CT molecular complexity index is 967. The minimum atomic E-state index is -0.727. The quantitative estimate of drug-likeness (QED) is 0.542. The Labute approximate surface area is 179 Å². The highest BCUT2D eigenvalue weighted by Gasteiger charge is 2.16. The number of amides is 1. The summed E-state index contributed by atoms with van der Waals surface area (Å²) in [5.41, 5.74) is 1.75. The number of carbonyl (C=O) groups is 1. The van der Waals surface area contributed by atoms with Gasteiger partial charge in [-0.15, -0.1) is 0 Å². The molecule has 0 bridgehead atoms. The zero-order chi connectivity index (χ0) is 20.6. The van der Waals surface area contributed by atoms with Crippen LogP contribution in [0.25, 0.3) is 0 Å². The highest BCUT2D eigenvalue weighted by Crippen LogP contribution is 2.32. The number of hydrogen-bond acceptors (Lipinski definition) is 4. The lowest BCUT2D eigenvalue weighted by Gasteiger charge is -2.16. The minimum Gasteiger partial charge on any atom is -0.487 e. The smallest absolute Gasteiger partial charge is 0.261 e. The third-order valence-electron chi connectivity index (χ3n) is 4.07. The lowest BCUT2D eigenvalue weighted by molar-refractivity contribution is -0.127. The van der Waals surface area contributed by atoms with Crippen LogP contribution in [0, 0.1) is 0 Å². The van der Waals surface area contributed by atoms with Gasteiger partial charge < -0.3 is 14.8 Å². The van der Waals surface area contributed by atoms with Crippen LogP contribution in [0.3, 0.4) is 0 Å². The predicted molar refractivity (Wildman–Crippen MR) is 113 cm³/mol. The maximum atomic E-state index is 12.4. The van der Waals surface area contributed by atoms with Crippen molar-refractivity contribution in [2.45, 2.75) is 26.2 Å². The summed E-state index contributed by atoms with van der Waals surface area (Å²) in [7, 11) is 0. The number of pyridine rings is 1. The van der Waals surface area contributed by atoms with Gasteiger partial charge in [0, 0.05) is 12.7 Å². The van der Waals surface area contributed by atoms with E-state index in [9.17, 15) is 4.79 Å². The van der Waals surface area contributed by atoms with Gasteiger partial charge in [0.2, 0.25) is 0 Å². The van der Waals surface area contributed by atoms with Crippen molar-refractivity contribution < 1.29 is 14.3 Å². The number of rotatable bonds is 8. The molecule has 3 aromatic rings. The zero-order valence-electron chi connectivity index (χ0n) is 15.8. The van der Waals surface area contributed by atoms with E-state index in [1.54, 1.807) is 31.3 Å². The average Bonchev–Trinajstić information content (AvgIpc) is 2.75. The molecule has 7 heteroatoms. The van der Waals surface area contributed by atoms with Crippen LogP contribution in [0.5, 0.6) is 11.5 Å². The number of ether oxygens (including phenoxy) is 2. The maximum absolute atomic E-state index is 12.4. The van der Waals surface area contributed by atoms with Crippen LogP contribution >= 0.6 is 23.2 Å². The van der Waals surface area contributed by atoms with E-state index < -0.39 is 6.10 Å². The van der Waals surface area contributed by atoms with E-state index in [2.05, 4.69) is 10.3 Å². The van der Waals surface area contributed by atoms with Gasteiger partial charge in [0.15, 0.2) is 6.10 Å². The van der Waals surface area contributed by atoms with Gasteiger partial charge >= 0.3 is 0 Å². The van der Waals surface area contributed by atoms with Crippen molar-refractivity contribution in [3.63, 3.8) is 0 Å². The highest BCUT2D eigenvalue weighted by atomic mass is 35.5. The third-order valence-corrected chi connectivity index (χ3v) is 4.87. The molecule has 1 unspecified atom stereocenters. The molecule has 2 aromatic carbocycles. The zero-order valence-corrected chi connectivity index (χ0v) is 17.3. The summed E-state index contributed by atoms with van der Waals surface area (Å²) >= 11 is 12.1. The van der Waals surface area contributed by atoms with Crippen LogP contribution < -0.4 is 14.8 Å². The minimum absolute atomic E-state index is 0.263. The third kappa shape index (κ3) is 6.11. The molecule has 5 nitrogen and oxygen atoms in total. The highest BCUT2D eigenvalue weighted by molar-refractivity contribution is 6.42. The van der Waals surface area contributed by atoms with Crippen LogP contribution in [-0.4, -0.2) is 17.0 Å². The monoisotopic (exact) mass is 430 g/mol. The van der Waals surface area contributed by atoms with Gasteiger partial charge in [0.05, 0.1) is 10.7 Å². The Morgan fingerprint density at radius 3 is 2.72 bits per heavy atom. The van der Waals surface area contributed by atoms with Gasteiger partial charge in [-0.05, 0) is 48.9 Å². The SMILES string of the molecule is CC(Oc1cccc(Cl)c1Cl)C(=O)NCc1cccc(OCc2ccccn2)c1. The van der Waals surface area contributed by atoms with Gasteiger partial charge in [0.1, 0.15) is 23.1 Å². The Kier molecular flexibility index (Phi) is 7.33. The molecule has 0 aliphatic rings. The molecule has 1 amide bonds. The van der Waals surface area contributed by atoms with Crippen molar-refractivity contribution in [1.82, 2.24) is 10.3 Å². The van der Waals surface area contributed by atoms with E-state index >= 15 is 0 Å². The van der Waals surface area contributed by atoms with Crippen molar-refractivity contribution in [3.05, 3.63) is 88.2 Å². The summed E-state index contributed by atoms with van der Waals surface area (Å²) < 4.78 is 11.4. The van der Waals surface area contributed by atoms with Crippen molar-refractivity contribution in [2.75, 3.05) is 0 Å². The van der Waals surface area contributed by atoms with E-state index in [1.807, 2.05) is 42.5 Å². The Morgan fingerprint density at radius 2 is 1.93 bits per heavy atom. The summed E-state index contributed by atoms with van der Waals surface area (Å²) in [5.74, 6) is 0.810. The molecular weight excluding hydrogens is 411 g/mol. The number of carbonyl (C=O) groups excluding carboxylic acids is 1. The molecule has 1 N–H and O–H groups in total. The number of benzene rings is 2. The first kappa shape index (κ1) is 21.0. The Hall–Kier alpha value is -2.76. The molecule has 0 radical (unpaired) electrons. The fourth-order valence-corrected chi connectivity index (χ4v) is 2.87. The molecule has 0 spiro atoms. The second kappa shape index (κ2) is 10.1. The molecule has 0 saturated heterocycles. The van der Waals surface area contributed by atoms with Crippen LogP contribution in [0.4, 0.5) is 0 Å². The van der Waals surface area contributed by atoms with Crippen LogP contribution in [0.15, 0.2) is 66.9 Å². The molecule has 0 aliphatic heterocycles. The molecule has 0 aliphatic carbocycles. The molecule has 0 saturated carbocycles. The molecule has 0 fully saturated rings. The first-order chi connectivity index (χ1) is 14.0. The Balaban J connectivity index is 1.52. The maximum Gasteiger partial charge on any atom is 0.261 e. The predicted octanol–water partition coefficient (Wildman–Crippen LogP) is 5.05. The van der Waals surface area contributed by atoms with E-state index in [4.69, 9.17) is 32.7 Å². The van der Waals surface area contributed by atoms with Crippen molar-refractivity contribution in [2.24, 2.45) is 0 Å². The number of nitrogens with one attached hydrogen (secondary N) is 1. The fraction of sp³-hybridized carbons (Fsp3) is 0.182. The van der Waals surface area contributed by atoms with Gasteiger partial charge in [0.25, 0.3) is 5.91 Å². The van der Waals surface area contributed by atoms with Gasteiger partial charge in [-0.2, -0.15) is 0 Å². The second-order valence-electron chi connectivity index (χ2n) is 6.29. The van der Waals surface area contributed by atoms with E-state index in [-0.39, 0.29) is 10.9 Å². The van der Waals surface area contributed by atoms with Gasteiger partial charge in [-0.25, -0.2) is 0 Å². The first-order valence-electron chi connectivity index (χ1n) is 9.03. The number of halogens is 2. The summed E-state index contributed by atoms with van der Waals surface area (Å²) in [6, 6.07) is 18.2. The summed E-state index contributed by atoms with van der Waals surface area (Å²) in [4.78, 5) is 16.6. The van der Waals surface area contributed by atoms with E-state index in [0.29, 0.717) is 29.7 Å². The second-order valence-corrected chi connectivity index (χ2v) is 7.07. The number of aromatic nitrogens is 1. The van der Waals surface area contributed by atoms with Crippen LogP contribution in [0.2, 0.25) is 10.0 Å². The lowest BCUT2D eigenvalue weighted by atomic mass is 10.2. The van der Waals surface area contributed by atoms with Crippen molar-refractivity contribution in [1.29, 1.82) is 0 Å². The average molecular weight is 431 g/mol. The first-order valence-corrected chi connectivity index (χ1v) is 9.78. The van der Waals surface area contributed by atoms with Gasteiger partial charge in [-0.1, -0.05) is 47.5 Å². The molecule has 1 aromatic heterocycles. The summed E-state index contributed by atoms with van der Waals surface area (Å²) in [6.07, 6.45) is 0.999. The van der Waals surface area contributed by atoms with E-state index in [1.165, 1.54) is 0 Å². The molecular formula is C22H20Cl2N2O3. The Morgan fingerprint density at radius 1 is 1.10 bits per heavy atom. The largest absolute Gasteiger partial charge is 0.487 e. The topological polar surface area (TPSA) is 60.5 Å². The van der Waals surface area contributed by atoms with Crippen LogP contribution in [-0.2, 0) is 17.9 Å². The molecule has 1 atom stereocenters. The van der Waals surface area contributed by atoms with Crippen molar-refractivity contribution >= 4 is 29.1 Å². The number of nitrogens with zero attached hydrogens (tertiary/aromatic N) is 1. The molecule has 3 rings (SSSR count).